The van der Waals surface area contributed by atoms with Crippen LogP contribution in [0.5, 0.6) is 0 Å². The van der Waals surface area contributed by atoms with Gasteiger partial charge >= 0.3 is 0 Å². The summed E-state index contributed by atoms with van der Waals surface area (Å²) in [6.45, 7) is 0.375. The smallest absolute Gasteiger partial charge is 0.262 e. The van der Waals surface area contributed by atoms with Gasteiger partial charge in [-0.25, -0.2) is 0 Å². The molecule has 2 rings (SSSR count). The van der Waals surface area contributed by atoms with Crippen LogP contribution in [0.4, 0.5) is 0 Å². The minimum absolute atomic E-state index is 0.107. The van der Waals surface area contributed by atoms with Crippen molar-refractivity contribution in [3.05, 3.63) is 32.9 Å². The van der Waals surface area contributed by atoms with Crippen molar-refractivity contribution in [2.24, 2.45) is 7.05 Å². The first-order valence-corrected chi connectivity index (χ1v) is 6.20. The van der Waals surface area contributed by atoms with Crippen LogP contribution in [0.2, 0.25) is 0 Å². The van der Waals surface area contributed by atoms with Crippen LogP contribution in [0.3, 0.4) is 0 Å². The molecule has 0 bridgehead atoms. The van der Waals surface area contributed by atoms with Gasteiger partial charge in [-0.05, 0) is 27.4 Å². The van der Waals surface area contributed by atoms with Crippen LogP contribution >= 0.6 is 27.3 Å². The van der Waals surface area contributed by atoms with Gasteiger partial charge in [0.25, 0.3) is 5.91 Å². The van der Waals surface area contributed by atoms with Crippen molar-refractivity contribution >= 4 is 33.2 Å². The quantitative estimate of drug-likeness (QED) is 0.936. The Balaban J connectivity index is 1.99. The molecule has 0 saturated carbocycles. The van der Waals surface area contributed by atoms with E-state index in [9.17, 15) is 4.79 Å². The second kappa shape index (κ2) is 4.75. The lowest BCUT2D eigenvalue weighted by Gasteiger charge is -2.03. The number of aryl methyl sites for hydroxylation is 1. The van der Waals surface area contributed by atoms with Crippen molar-refractivity contribution in [2.45, 2.75) is 6.54 Å². The van der Waals surface area contributed by atoms with Crippen LogP contribution < -0.4 is 5.32 Å². The van der Waals surface area contributed by atoms with E-state index in [0.717, 1.165) is 10.3 Å². The number of thiophene rings is 1. The molecule has 0 atom stereocenters. The van der Waals surface area contributed by atoms with Crippen LogP contribution in [0, 0.1) is 0 Å². The summed E-state index contributed by atoms with van der Waals surface area (Å²) in [5.74, 6) is 0.617. The largest absolute Gasteiger partial charge is 0.344 e. The Morgan fingerprint density at radius 1 is 1.69 bits per heavy atom. The van der Waals surface area contributed by atoms with Crippen LogP contribution in [-0.4, -0.2) is 20.7 Å². The molecule has 0 fully saturated rings. The van der Waals surface area contributed by atoms with Gasteiger partial charge in [0, 0.05) is 11.5 Å². The number of aromatic nitrogens is 3. The normalized spacial score (nSPS) is 10.4. The Morgan fingerprint density at radius 3 is 3.06 bits per heavy atom. The molecular weight excluding hydrogens is 292 g/mol. The average molecular weight is 301 g/mol. The third-order valence-electron chi connectivity index (χ3n) is 2.04. The van der Waals surface area contributed by atoms with E-state index in [1.165, 1.54) is 11.3 Å². The molecule has 0 saturated heterocycles. The van der Waals surface area contributed by atoms with Gasteiger partial charge in [-0.1, -0.05) is 0 Å². The lowest BCUT2D eigenvalue weighted by atomic mass is 10.4. The number of carbonyl (C=O) groups is 1. The van der Waals surface area contributed by atoms with Crippen LogP contribution in [0.25, 0.3) is 0 Å². The molecule has 1 N–H and O–H groups in total. The lowest BCUT2D eigenvalue weighted by molar-refractivity contribution is 0.0953. The predicted octanol–water partition coefficient (Wildman–Crippen LogP) is 1.57. The van der Waals surface area contributed by atoms with Crippen molar-refractivity contribution in [1.82, 2.24) is 20.1 Å². The molecule has 0 aliphatic rings. The predicted molar refractivity (Wildman–Crippen MR) is 64.2 cm³/mol. The highest BCUT2D eigenvalue weighted by Gasteiger charge is 2.11. The zero-order valence-corrected chi connectivity index (χ0v) is 10.9. The van der Waals surface area contributed by atoms with Gasteiger partial charge < -0.3 is 9.88 Å². The molecule has 1 amide bonds. The third kappa shape index (κ3) is 2.30. The molecule has 84 valence electrons. The maximum absolute atomic E-state index is 11.7. The summed E-state index contributed by atoms with van der Waals surface area (Å²) in [7, 11) is 1.84. The van der Waals surface area contributed by atoms with E-state index in [-0.39, 0.29) is 5.91 Å². The minimum atomic E-state index is -0.107. The molecular formula is C9H9BrN4OS. The van der Waals surface area contributed by atoms with Crippen LogP contribution in [0.15, 0.2) is 22.2 Å². The third-order valence-corrected chi connectivity index (χ3v) is 3.87. The van der Waals surface area contributed by atoms with E-state index < -0.39 is 0 Å². The highest BCUT2D eigenvalue weighted by atomic mass is 79.9. The van der Waals surface area contributed by atoms with E-state index in [2.05, 4.69) is 31.4 Å². The molecule has 0 radical (unpaired) electrons. The Hall–Kier alpha value is -1.21. The first-order valence-electron chi connectivity index (χ1n) is 4.52. The summed E-state index contributed by atoms with van der Waals surface area (Å²) in [5.41, 5.74) is 0. The van der Waals surface area contributed by atoms with E-state index in [0.29, 0.717) is 11.4 Å². The van der Waals surface area contributed by atoms with E-state index in [1.807, 2.05) is 18.5 Å². The fourth-order valence-corrected chi connectivity index (χ4v) is 2.63. The fourth-order valence-electron chi connectivity index (χ4n) is 1.16. The molecule has 0 aromatic carbocycles. The number of hydrogen-bond acceptors (Lipinski definition) is 4. The number of amides is 1. The van der Waals surface area contributed by atoms with Gasteiger partial charge in [0.05, 0.1) is 6.54 Å². The first kappa shape index (κ1) is 11.3. The van der Waals surface area contributed by atoms with Gasteiger partial charge in [0.15, 0.2) is 5.82 Å². The SMILES string of the molecule is Cn1cnnc1CNC(=O)c1sccc1Br. The van der Waals surface area contributed by atoms with Gasteiger partial charge in [0.1, 0.15) is 11.2 Å². The van der Waals surface area contributed by atoms with Gasteiger partial charge in [-0.3, -0.25) is 4.79 Å². The van der Waals surface area contributed by atoms with Gasteiger partial charge in [-0.15, -0.1) is 21.5 Å². The highest BCUT2D eigenvalue weighted by molar-refractivity contribution is 9.10. The molecule has 2 aromatic heterocycles. The second-order valence-corrected chi connectivity index (χ2v) is 4.91. The number of nitrogens with one attached hydrogen (secondary N) is 1. The minimum Gasteiger partial charge on any atom is -0.344 e. The van der Waals surface area contributed by atoms with Crippen molar-refractivity contribution in [3.63, 3.8) is 0 Å². The Kier molecular flexibility index (Phi) is 3.35. The van der Waals surface area contributed by atoms with Gasteiger partial charge in [-0.2, -0.15) is 0 Å². The molecule has 16 heavy (non-hydrogen) atoms. The van der Waals surface area contributed by atoms with Crippen LogP contribution in [-0.2, 0) is 13.6 Å². The molecule has 0 spiro atoms. The first-order chi connectivity index (χ1) is 7.68. The highest BCUT2D eigenvalue weighted by Crippen LogP contribution is 2.22. The molecule has 0 aliphatic heterocycles. The summed E-state index contributed by atoms with van der Waals surface area (Å²) in [6.07, 6.45) is 1.60. The van der Waals surface area contributed by atoms with Crippen LogP contribution in [0.1, 0.15) is 15.5 Å². The maximum Gasteiger partial charge on any atom is 0.262 e. The van der Waals surface area contributed by atoms with E-state index in [1.54, 1.807) is 10.9 Å². The fraction of sp³-hybridized carbons (Fsp3) is 0.222. The number of carbonyl (C=O) groups excluding carboxylic acids is 1. The average Bonchev–Trinajstić information content (AvgIpc) is 2.84. The molecule has 7 heteroatoms. The number of nitrogens with zero attached hydrogens (tertiary/aromatic N) is 3. The molecule has 5 nitrogen and oxygen atoms in total. The van der Waals surface area contributed by atoms with E-state index >= 15 is 0 Å². The molecule has 0 aliphatic carbocycles. The Morgan fingerprint density at radius 2 is 2.50 bits per heavy atom. The summed E-state index contributed by atoms with van der Waals surface area (Å²) < 4.78 is 2.58. The maximum atomic E-state index is 11.7. The summed E-state index contributed by atoms with van der Waals surface area (Å²) >= 11 is 4.71. The molecule has 0 unspecified atom stereocenters. The monoisotopic (exact) mass is 300 g/mol. The van der Waals surface area contributed by atoms with Crippen molar-refractivity contribution in [1.29, 1.82) is 0 Å². The van der Waals surface area contributed by atoms with Crippen molar-refractivity contribution in [2.75, 3.05) is 0 Å². The summed E-state index contributed by atoms with van der Waals surface area (Å²) in [6, 6.07) is 1.85. The second-order valence-electron chi connectivity index (χ2n) is 3.14. The lowest BCUT2D eigenvalue weighted by Crippen LogP contribution is -2.23. The van der Waals surface area contributed by atoms with Gasteiger partial charge in [0.2, 0.25) is 0 Å². The standard InChI is InChI=1S/C9H9BrN4OS/c1-14-5-12-13-7(14)4-11-9(15)8-6(10)2-3-16-8/h2-3,5H,4H2,1H3,(H,11,15). The number of hydrogen-bond donors (Lipinski definition) is 1. The Labute approximate surface area is 105 Å². The van der Waals surface area contributed by atoms with Crippen molar-refractivity contribution in [3.8, 4) is 0 Å². The molecule has 2 heterocycles. The Bertz CT molecular complexity index is 507. The molecule has 2 aromatic rings. The topological polar surface area (TPSA) is 59.8 Å². The zero-order chi connectivity index (χ0) is 11.5. The summed E-state index contributed by atoms with van der Waals surface area (Å²) in [4.78, 5) is 12.4. The zero-order valence-electron chi connectivity index (χ0n) is 8.48. The summed E-state index contributed by atoms with van der Waals surface area (Å²) in [5, 5.41) is 12.3. The van der Waals surface area contributed by atoms with Crippen molar-refractivity contribution < 1.29 is 4.79 Å². The number of halogens is 1. The van der Waals surface area contributed by atoms with E-state index in [4.69, 9.17) is 0 Å². The number of rotatable bonds is 3.